The van der Waals surface area contributed by atoms with Gasteiger partial charge in [-0.3, -0.25) is 10.1 Å². The quantitative estimate of drug-likeness (QED) is 0.341. The van der Waals surface area contributed by atoms with E-state index in [-0.39, 0.29) is 11.5 Å². The zero-order valence-electron chi connectivity index (χ0n) is 12.1. The van der Waals surface area contributed by atoms with Gasteiger partial charge in [-0.25, -0.2) is 4.79 Å². The maximum atomic E-state index is 12.1. The van der Waals surface area contributed by atoms with Crippen LogP contribution >= 0.6 is 15.9 Å². The summed E-state index contributed by atoms with van der Waals surface area (Å²) in [5, 5.41) is 10.4. The van der Waals surface area contributed by atoms with Crippen LogP contribution in [-0.2, 0) is 0 Å². The first-order chi connectivity index (χ1) is 11.0. The van der Waals surface area contributed by atoms with Gasteiger partial charge in [0.15, 0.2) is 11.5 Å². The average molecular weight is 378 g/mol. The molecule has 0 fully saturated rings. The molecule has 2 rings (SSSR count). The van der Waals surface area contributed by atoms with E-state index in [2.05, 4.69) is 15.9 Å². The normalized spacial score (nSPS) is 10.5. The SMILES string of the molecule is COc1cc(C=C[N+](=O)[O-])cc(Br)c1OC(=O)c1ccccc1. The van der Waals surface area contributed by atoms with E-state index >= 15 is 0 Å². The minimum absolute atomic E-state index is 0.208. The fourth-order valence-corrected chi connectivity index (χ4v) is 2.35. The molecule has 0 aliphatic carbocycles. The molecule has 0 aliphatic heterocycles. The zero-order valence-corrected chi connectivity index (χ0v) is 13.6. The van der Waals surface area contributed by atoms with Gasteiger partial charge in [0.2, 0.25) is 6.20 Å². The van der Waals surface area contributed by atoms with Gasteiger partial charge in [-0.05, 0) is 45.8 Å². The minimum Gasteiger partial charge on any atom is -0.493 e. The van der Waals surface area contributed by atoms with Crippen molar-refractivity contribution in [2.24, 2.45) is 0 Å². The molecule has 0 amide bonds. The van der Waals surface area contributed by atoms with Crippen LogP contribution in [0.1, 0.15) is 15.9 Å². The molecule has 7 heteroatoms. The number of esters is 1. The number of halogens is 1. The molecular weight excluding hydrogens is 366 g/mol. The summed E-state index contributed by atoms with van der Waals surface area (Å²) in [6.45, 7) is 0. The molecule has 0 unspecified atom stereocenters. The number of hydrogen-bond donors (Lipinski definition) is 0. The van der Waals surface area contributed by atoms with Gasteiger partial charge in [-0.1, -0.05) is 18.2 Å². The standard InChI is InChI=1S/C16H12BrNO5/c1-22-14-10-11(7-8-18(20)21)9-13(17)15(14)23-16(19)12-5-3-2-4-6-12/h2-10H,1H3. The van der Waals surface area contributed by atoms with E-state index in [1.54, 1.807) is 42.5 Å². The average Bonchev–Trinajstić information content (AvgIpc) is 2.55. The Morgan fingerprint density at radius 3 is 2.57 bits per heavy atom. The monoisotopic (exact) mass is 377 g/mol. The highest BCUT2D eigenvalue weighted by molar-refractivity contribution is 9.10. The Balaban J connectivity index is 2.31. The number of rotatable bonds is 5. The summed E-state index contributed by atoms with van der Waals surface area (Å²) in [5.41, 5.74) is 0.934. The molecule has 118 valence electrons. The predicted molar refractivity (Wildman–Crippen MR) is 88.1 cm³/mol. The molecular formula is C16H12BrNO5. The van der Waals surface area contributed by atoms with E-state index < -0.39 is 10.9 Å². The first kappa shape index (κ1) is 16.7. The van der Waals surface area contributed by atoms with E-state index in [9.17, 15) is 14.9 Å². The number of nitrogens with zero attached hydrogens (tertiary/aromatic N) is 1. The van der Waals surface area contributed by atoms with E-state index in [0.29, 0.717) is 15.6 Å². The van der Waals surface area contributed by atoms with Crippen molar-refractivity contribution in [2.45, 2.75) is 0 Å². The Morgan fingerprint density at radius 2 is 1.96 bits per heavy atom. The topological polar surface area (TPSA) is 78.7 Å². The molecule has 23 heavy (non-hydrogen) atoms. The van der Waals surface area contributed by atoms with E-state index in [1.807, 2.05) is 0 Å². The van der Waals surface area contributed by atoms with Gasteiger partial charge >= 0.3 is 5.97 Å². The lowest BCUT2D eigenvalue weighted by molar-refractivity contribution is -0.400. The molecule has 2 aromatic rings. The highest BCUT2D eigenvalue weighted by atomic mass is 79.9. The van der Waals surface area contributed by atoms with Gasteiger partial charge in [0.05, 0.1) is 22.1 Å². The fraction of sp³-hybridized carbons (Fsp3) is 0.0625. The first-order valence-electron chi connectivity index (χ1n) is 6.47. The summed E-state index contributed by atoms with van der Waals surface area (Å²) in [6, 6.07) is 11.7. The summed E-state index contributed by atoms with van der Waals surface area (Å²) in [7, 11) is 1.42. The Labute approximate surface area is 140 Å². The van der Waals surface area contributed by atoms with Crippen LogP contribution < -0.4 is 9.47 Å². The van der Waals surface area contributed by atoms with Crippen molar-refractivity contribution >= 4 is 28.0 Å². The molecule has 0 aliphatic rings. The maximum Gasteiger partial charge on any atom is 0.343 e. The molecule has 0 saturated heterocycles. The maximum absolute atomic E-state index is 12.1. The number of hydrogen-bond acceptors (Lipinski definition) is 5. The molecule has 0 bridgehead atoms. The molecule has 0 spiro atoms. The lowest BCUT2D eigenvalue weighted by atomic mass is 10.2. The lowest BCUT2D eigenvalue weighted by Crippen LogP contribution is -2.09. The highest BCUT2D eigenvalue weighted by Crippen LogP contribution is 2.37. The van der Waals surface area contributed by atoms with Crippen molar-refractivity contribution in [2.75, 3.05) is 7.11 Å². The van der Waals surface area contributed by atoms with Crippen LogP contribution in [0, 0.1) is 10.1 Å². The Morgan fingerprint density at radius 1 is 1.26 bits per heavy atom. The summed E-state index contributed by atoms with van der Waals surface area (Å²) in [4.78, 5) is 22.0. The minimum atomic E-state index is -0.566. The second kappa shape index (κ2) is 7.55. The number of methoxy groups -OCH3 is 1. The first-order valence-corrected chi connectivity index (χ1v) is 7.27. The van der Waals surface area contributed by atoms with Crippen molar-refractivity contribution in [3.8, 4) is 11.5 Å². The second-order valence-corrected chi connectivity index (χ2v) is 5.25. The van der Waals surface area contributed by atoms with Crippen LogP contribution in [0.2, 0.25) is 0 Å². The molecule has 0 aromatic heterocycles. The van der Waals surface area contributed by atoms with Crippen molar-refractivity contribution in [1.29, 1.82) is 0 Å². The smallest absolute Gasteiger partial charge is 0.343 e. The molecule has 0 saturated carbocycles. The van der Waals surface area contributed by atoms with E-state index in [4.69, 9.17) is 9.47 Å². The molecule has 6 nitrogen and oxygen atoms in total. The Hall–Kier alpha value is -2.67. The fourth-order valence-electron chi connectivity index (χ4n) is 1.81. The van der Waals surface area contributed by atoms with Crippen LogP contribution in [0.3, 0.4) is 0 Å². The van der Waals surface area contributed by atoms with Gasteiger partial charge in [0, 0.05) is 6.08 Å². The zero-order chi connectivity index (χ0) is 16.8. The van der Waals surface area contributed by atoms with Crippen molar-refractivity contribution < 1.29 is 19.2 Å². The largest absolute Gasteiger partial charge is 0.493 e. The van der Waals surface area contributed by atoms with Crippen LogP contribution in [0.25, 0.3) is 6.08 Å². The number of ether oxygens (including phenoxy) is 2. The third-order valence-electron chi connectivity index (χ3n) is 2.84. The van der Waals surface area contributed by atoms with E-state index in [0.717, 1.165) is 6.20 Å². The van der Waals surface area contributed by atoms with Crippen molar-refractivity contribution in [3.63, 3.8) is 0 Å². The number of carbonyl (C=O) groups excluding carboxylic acids is 1. The number of benzene rings is 2. The van der Waals surface area contributed by atoms with Gasteiger partial charge < -0.3 is 9.47 Å². The Bertz CT molecular complexity index is 759. The van der Waals surface area contributed by atoms with Gasteiger partial charge in [0.25, 0.3) is 0 Å². The van der Waals surface area contributed by atoms with Gasteiger partial charge in [-0.15, -0.1) is 0 Å². The molecule has 0 atom stereocenters. The second-order valence-electron chi connectivity index (χ2n) is 4.39. The summed E-state index contributed by atoms with van der Waals surface area (Å²) in [5.74, 6) is -0.0376. The molecule has 0 radical (unpaired) electrons. The van der Waals surface area contributed by atoms with Gasteiger partial charge in [-0.2, -0.15) is 0 Å². The van der Waals surface area contributed by atoms with Crippen LogP contribution in [-0.4, -0.2) is 18.0 Å². The van der Waals surface area contributed by atoms with E-state index in [1.165, 1.54) is 13.2 Å². The number of nitro groups is 1. The molecule has 0 N–H and O–H groups in total. The van der Waals surface area contributed by atoms with Crippen LogP contribution in [0.4, 0.5) is 0 Å². The van der Waals surface area contributed by atoms with Crippen LogP contribution in [0.5, 0.6) is 11.5 Å². The lowest BCUT2D eigenvalue weighted by Gasteiger charge is -2.12. The third-order valence-corrected chi connectivity index (χ3v) is 3.43. The van der Waals surface area contributed by atoms with Crippen LogP contribution in [0.15, 0.2) is 53.1 Å². The van der Waals surface area contributed by atoms with Crippen molar-refractivity contribution in [3.05, 3.63) is 74.4 Å². The summed E-state index contributed by atoms with van der Waals surface area (Å²) in [6.07, 6.45) is 2.13. The number of carbonyl (C=O) groups is 1. The van der Waals surface area contributed by atoms with Gasteiger partial charge in [0.1, 0.15) is 0 Å². The molecule has 2 aromatic carbocycles. The summed E-state index contributed by atoms with van der Waals surface area (Å²) < 4.78 is 11.0. The Kier molecular flexibility index (Phi) is 5.48. The predicted octanol–water partition coefficient (Wildman–Crippen LogP) is 3.92. The third kappa shape index (κ3) is 4.40. The summed E-state index contributed by atoms with van der Waals surface area (Å²) >= 11 is 3.29. The molecule has 0 heterocycles. The highest BCUT2D eigenvalue weighted by Gasteiger charge is 2.16. The van der Waals surface area contributed by atoms with Crippen molar-refractivity contribution in [1.82, 2.24) is 0 Å².